The first-order valence-corrected chi connectivity index (χ1v) is 9.38. The van der Waals surface area contributed by atoms with Crippen molar-refractivity contribution in [3.63, 3.8) is 0 Å². The van der Waals surface area contributed by atoms with Gasteiger partial charge in [0.25, 0.3) is 5.91 Å². The molecule has 160 valence electrons. The lowest BCUT2D eigenvalue weighted by atomic mass is 10.0. The lowest BCUT2D eigenvalue weighted by molar-refractivity contribution is -0.149. The lowest BCUT2D eigenvalue weighted by Gasteiger charge is -2.17. The van der Waals surface area contributed by atoms with E-state index in [0.29, 0.717) is 11.5 Å². The molecule has 8 nitrogen and oxygen atoms in total. The number of amides is 2. The van der Waals surface area contributed by atoms with Gasteiger partial charge in [-0.05, 0) is 23.3 Å². The van der Waals surface area contributed by atoms with Crippen molar-refractivity contribution < 1.29 is 28.6 Å². The summed E-state index contributed by atoms with van der Waals surface area (Å²) in [5.41, 5.74) is 1.59. The normalized spacial score (nSPS) is 11.2. The maximum Gasteiger partial charge on any atom is 0.308 e. The molecular weight excluding hydrogens is 388 g/mol. The fourth-order valence-electron chi connectivity index (χ4n) is 2.80. The largest absolute Gasteiger partial charge is 0.493 e. The molecule has 0 spiro atoms. The second-order valence-electron chi connectivity index (χ2n) is 6.49. The van der Waals surface area contributed by atoms with Crippen LogP contribution < -0.4 is 20.1 Å². The molecule has 0 heterocycles. The number of hydrogen-bond acceptors (Lipinski definition) is 6. The van der Waals surface area contributed by atoms with Gasteiger partial charge in [-0.1, -0.05) is 36.4 Å². The minimum atomic E-state index is -0.584. The van der Waals surface area contributed by atoms with Gasteiger partial charge in [0.15, 0.2) is 18.1 Å². The molecule has 0 aliphatic heterocycles. The lowest BCUT2D eigenvalue weighted by Crippen LogP contribution is -2.31. The molecule has 2 aromatic carbocycles. The van der Waals surface area contributed by atoms with Crippen molar-refractivity contribution in [2.75, 3.05) is 20.8 Å². The van der Waals surface area contributed by atoms with Crippen molar-refractivity contribution in [1.29, 1.82) is 0 Å². The summed E-state index contributed by atoms with van der Waals surface area (Å²) in [5, 5.41) is 5.40. The van der Waals surface area contributed by atoms with Gasteiger partial charge in [-0.3, -0.25) is 14.4 Å². The molecular formula is C22H26N2O6. The zero-order valence-electron chi connectivity index (χ0n) is 17.3. The Bertz CT molecular complexity index is 869. The highest BCUT2D eigenvalue weighted by Gasteiger charge is 2.18. The summed E-state index contributed by atoms with van der Waals surface area (Å²) in [7, 11) is 3.07. The zero-order valence-corrected chi connectivity index (χ0v) is 17.3. The van der Waals surface area contributed by atoms with Crippen molar-refractivity contribution in [3.05, 3.63) is 59.7 Å². The van der Waals surface area contributed by atoms with E-state index in [1.165, 1.54) is 14.0 Å². The highest BCUT2D eigenvalue weighted by atomic mass is 16.5. The van der Waals surface area contributed by atoms with Gasteiger partial charge >= 0.3 is 5.97 Å². The zero-order chi connectivity index (χ0) is 21.9. The van der Waals surface area contributed by atoms with Crippen LogP contribution in [-0.4, -0.2) is 38.6 Å². The summed E-state index contributed by atoms with van der Waals surface area (Å²) in [4.78, 5) is 35.6. The van der Waals surface area contributed by atoms with E-state index in [9.17, 15) is 14.4 Å². The fraction of sp³-hybridized carbons (Fsp3) is 0.318. The van der Waals surface area contributed by atoms with Crippen LogP contribution in [0.2, 0.25) is 0 Å². The highest BCUT2D eigenvalue weighted by Crippen LogP contribution is 2.27. The molecule has 2 amide bonds. The summed E-state index contributed by atoms with van der Waals surface area (Å²) in [6.07, 6.45) is -0.0768. The van der Waals surface area contributed by atoms with E-state index in [0.717, 1.165) is 11.1 Å². The second kappa shape index (κ2) is 11.5. The number of carbonyl (C=O) groups is 3. The Labute approximate surface area is 175 Å². The van der Waals surface area contributed by atoms with E-state index in [-0.39, 0.29) is 18.9 Å². The van der Waals surface area contributed by atoms with Gasteiger partial charge in [0.2, 0.25) is 5.91 Å². The quantitative estimate of drug-likeness (QED) is 0.578. The molecule has 2 aromatic rings. The predicted octanol–water partition coefficient (Wildman–Crippen LogP) is 2.13. The molecule has 2 rings (SSSR count). The van der Waals surface area contributed by atoms with Crippen LogP contribution in [-0.2, 0) is 25.7 Å². The number of ether oxygens (including phenoxy) is 3. The minimum absolute atomic E-state index is 0.0768. The van der Waals surface area contributed by atoms with Gasteiger partial charge in [0, 0.05) is 13.5 Å². The average molecular weight is 414 g/mol. The summed E-state index contributed by atoms with van der Waals surface area (Å²) in [6.45, 7) is 1.21. The Kier molecular flexibility index (Phi) is 8.68. The third-order valence-corrected chi connectivity index (χ3v) is 4.25. The first kappa shape index (κ1) is 22.7. The molecule has 0 saturated carbocycles. The van der Waals surface area contributed by atoms with Gasteiger partial charge in [-0.15, -0.1) is 0 Å². The Morgan fingerprint density at radius 1 is 0.967 bits per heavy atom. The van der Waals surface area contributed by atoms with Crippen LogP contribution in [0.25, 0.3) is 0 Å². The van der Waals surface area contributed by atoms with Gasteiger partial charge in [-0.2, -0.15) is 0 Å². The van der Waals surface area contributed by atoms with Crippen molar-refractivity contribution >= 4 is 17.8 Å². The molecule has 1 atom stereocenters. The number of benzene rings is 2. The molecule has 0 unspecified atom stereocenters. The summed E-state index contributed by atoms with van der Waals surface area (Å²) in [6, 6.07) is 13.9. The summed E-state index contributed by atoms with van der Waals surface area (Å²) in [5.74, 6) is -0.133. The first-order valence-electron chi connectivity index (χ1n) is 9.38. The van der Waals surface area contributed by atoms with Gasteiger partial charge < -0.3 is 24.8 Å². The van der Waals surface area contributed by atoms with Gasteiger partial charge in [0.1, 0.15) is 0 Å². The number of methoxy groups -OCH3 is 2. The third kappa shape index (κ3) is 7.12. The van der Waals surface area contributed by atoms with E-state index >= 15 is 0 Å². The average Bonchev–Trinajstić information content (AvgIpc) is 2.75. The smallest absolute Gasteiger partial charge is 0.308 e. The number of hydrogen-bond donors (Lipinski definition) is 2. The molecule has 0 fully saturated rings. The van der Waals surface area contributed by atoms with Crippen LogP contribution in [0, 0.1) is 0 Å². The topological polar surface area (TPSA) is 103 Å². The van der Waals surface area contributed by atoms with E-state index in [2.05, 4.69) is 10.6 Å². The summed E-state index contributed by atoms with van der Waals surface area (Å²) < 4.78 is 15.5. The van der Waals surface area contributed by atoms with Crippen LogP contribution in [0.5, 0.6) is 11.5 Å². The van der Waals surface area contributed by atoms with Gasteiger partial charge in [0.05, 0.1) is 26.7 Å². The third-order valence-electron chi connectivity index (χ3n) is 4.25. The van der Waals surface area contributed by atoms with Crippen molar-refractivity contribution in [3.8, 4) is 11.5 Å². The van der Waals surface area contributed by atoms with Crippen molar-refractivity contribution in [2.24, 2.45) is 0 Å². The van der Waals surface area contributed by atoms with Crippen molar-refractivity contribution in [2.45, 2.75) is 25.9 Å². The minimum Gasteiger partial charge on any atom is -0.493 e. The SMILES string of the molecule is COc1ccc(CNC(=O)COC(=O)C[C@@H](NC(C)=O)c2ccccc2)cc1OC. The molecule has 30 heavy (non-hydrogen) atoms. The van der Waals surface area contributed by atoms with Crippen LogP contribution >= 0.6 is 0 Å². The molecule has 0 bridgehead atoms. The van der Waals surface area contributed by atoms with Crippen LogP contribution in [0.3, 0.4) is 0 Å². The number of rotatable bonds is 10. The Hall–Kier alpha value is -3.55. The van der Waals surface area contributed by atoms with Crippen LogP contribution in [0.15, 0.2) is 48.5 Å². The first-order chi connectivity index (χ1) is 14.4. The molecule has 0 saturated heterocycles. The Morgan fingerprint density at radius 3 is 2.30 bits per heavy atom. The molecule has 0 radical (unpaired) electrons. The maximum atomic E-state index is 12.2. The Balaban J connectivity index is 1.83. The predicted molar refractivity (Wildman–Crippen MR) is 110 cm³/mol. The molecule has 8 heteroatoms. The standard InChI is InChI=1S/C22H26N2O6/c1-15(25)24-18(17-7-5-4-6-8-17)12-22(27)30-14-21(26)23-13-16-9-10-19(28-2)20(11-16)29-3/h4-11,18H,12-14H2,1-3H3,(H,23,26)(H,24,25)/t18-/m1/s1. The van der Waals surface area contributed by atoms with Gasteiger partial charge in [-0.25, -0.2) is 0 Å². The number of nitrogens with one attached hydrogen (secondary N) is 2. The van der Waals surface area contributed by atoms with E-state index < -0.39 is 24.5 Å². The number of esters is 1. The van der Waals surface area contributed by atoms with Crippen molar-refractivity contribution in [1.82, 2.24) is 10.6 Å². The molecule has 0 aliphatic carbocycles. The molecule has 0 aliphatic rings. The van der Waals surface area contributed by atoms with Crippen LogP contribution in [0.4, 0.5) is 0 Å². The fourth-order valence-corrected chi connectivity index (χ4v) is 2.80. The summed E-state index contributed by atoms with van der Waals surface area (Å²) >= 11 is 0. The van der Waals surface area contributed by atoms with E-state index in [4.69, 9.17) is 14.2 Å². The molecule has 0 aromatic heterocycles. The Morgan fingerprint density at radius 2 is 1.67 bits per heavy atom. The van der Waals surface area contributed by atoms with Crippen LogP contribution in [0.1, 0.15) is 30.5 Å². The second-order valence-corrected chi connectivity index (χ2v) is 6.49. The monoisotopic (exact) mass is 414 g/mol. The van der Waals surface area contributed by atoms with E-state index in [1.807, 2.05) is 30.3 Å². The maximum absolute atomic E-state index is 12.2. The number of carbonyl (C=O) groups excluding carboxylic acids is 3. The molecule has 2 N–H and O–H groups in total. The highest BCUT2D eigenvalue weighted by molar-refractivity contribution is 5.81. The van der Waals surface area contributed by atoms with E-state index in [1.54, 1.807) is 25.3 Å².